The van der Waals surface area contributed by atoms with E-state index in [1.54, 1.807) is 49.5 Å². The van der Waals surface area contributed by atoms with Crippen LogP contribution in [0.25, 0.3) is 5.82 Å². The number of esters is 1. The predicted octanol–water partition coefficient (Wildman–Crippen LogP) is 1.73. The highest BCUT2D eigenvalue weighted by Gasteiger charge is 2.18. The number of aromatic nitrogens is 3. The van der Waals surface area contributed by atoms with Gasteiger partial charge in [-0.15, -0.1) is 0 Å². The molecule has 0 aliphatic rings. The van der Waals surface area contributed by atoms with Crippen molar-refractivity contribution < 1.29 is 19.1 Å². The van der Waals surface area contributed by atoms with Gasteiger partial charge in [0.25, 0.3) is 11.8 Å². The average molecular weight is 393 g/mol. The molecule has 0 radical (unpaired) electrons. The number of pyridine rings is 1. The lowest BCUT2D eigenvalue weighted by Gasteiger charge is -2.07. The van der Waals surface area contributed by atoms with Crippen LogP contribution in [0.2, 0.25) is 0 Å². The number of nitrogens with zero attached hydrogens (tertiary/aromatic N) is 3. The second-order valence-corrected chi connectivity index (χ2v) is 6.02. The quantitative estimate of drug-likeness (QED) is 0.617. The summed E-state index contributed by atoms with van der Waals surface area (Å²) in [6.45, 7) is 1.26. The van der Waals surface area contributed by atoms with Gasteiger partial charge in [-0.1, -0.05) is 6.07 Å². The molecule has 0 unspecified atom stereocenters. The molecule has 29 heavy (non-hydrogen) atoms. The number of carbonyl (C=O) groups excluding carboxylic acids is 3. The standard InChI is InChI=1S/C20H19N5O4/c1-13-16(11-23-25(13)17-5-3-4-10-22-17)20(28)29-12-18(26)24-15-8-6-14(7-9-15)19(27)21-2/h3-11H,12H2,1-2H3,(H,21,27)(H,24,26). The first-order valence-corrected chi connectivity index (χ1v) is 8.74. The Hall–Kier alpha value is -4.01. The van der Waals surface area contributed by atoms with Gasteiger partial charge in [-0.3, -0.25) is 9.59 Å². The Balaban J connectivity index is 1.57. The van der Waals surface area contributed by atoms with Crippen molar-refractivity contribution in [3.8, 4) is 5.82 Å². The fraction of sp³-hybridized carbons (Fsp3) is 0.150. The summed E-state index contributed by atoms with van der Waals surface area (Å²) in [4.78, 5) is 40.0. The van der Waals surface area contributed by atoms with Crippen molar-refractivity contribution in [2.75, 3.05) is 19.0 Å². The van der Waals surface area contributed by atoms with Crippen molar-refractivity contribution in [1.82, 2.24) is 20.1 Å². The van der Waals surface area contributed by atoms with Crippen LogP contribution in [0.5, 0.6) is 0 Å². The summed E-state index contributed by atoms with van der Waals surface area (Å²) < 4.78 is 6.60. The van der Waals surface area contributed by atoms with Gasteiger partial charge in [0, 0.05) is 24.5 Å². The molecule has 0 aliphatic carbocycles. The minimum atomic E-state index is -0.658. The molecule has 0 atom stereocenters. The molecule has 3 rings (SSSR count). The number of amides is 2. The van der Waals surface area contributed by atoms with Crippen molar-refractivity contribution in [1.29, 1.82) is 0 Å². The Morgan fingerprint density at radius 1 is 1.10 bits per heavy atom. The average Bonchev–Trinajstić information content (AvgIpc) is 3.14. The minimum Gasteiger partial charge on any atom is -0.452 e. The summed E-state index contributed by atoms with van der Waals surface area (Å²) in [5, 5.41) is 9.26. The molecule has 9 heteroatoms. The molecule has 0 saturated carbocycles. The van der Waals surface area contributed by atoms with Crippen LogP contribution in [0, 0.1) is 6.92 Å². The van der Waals surface area contributed by atoms with Crippen molar-refractivity contribution >= 4 is 23.5 Å². The van der Waals surface area contributed by atoms with Crippen LogP contribution in [0.3, 0.4) is 0 Å². The van der Waals surface area contributed by atoms with Crippen LogP contribution in [0.1, 0.15) is 26.4 Å². The van der Waals surface area contributed by atoms with Gasteiger partial charge in [0.05, 0.1) is 11.9 Å². The number of benzene rings is 1. The zero-order valence-corrected chi connectivity index (χ0v) is 15.9. The maximum absolute atomic E-state index is 12.3. The maximum Gasteiger partial charge on any atom is 0.342 e. The summed E-state index contributed by atoms with van der Waals surface area (Å²) in [5.41, 5.74) is 1.76. The molecule has 2 heterocycles. The van der Waals surface area contributed by atoms with E-state index in [0.717, 1.165) is 0 Å². The number of carbonyl (C=O) groups is 3. The highest BCUT2D eigenvalue weighted by Crippen LogP contribution is 2.14. The third kappa shape index (κ3) is 4.64. The normalized spacial score (nSPS) is 10.3. The van der Waals surface area contributed by atoms with Crippen LogP contribution in [0.15, 0.2) is 54.9 Å². The van der Waals surface area contributed by atoms with Crippen LogP contribution in [0.4, 0.5) is 5.69 Å². The van der Waals surface area contributed by atoms with Gasteiger partial charge in [-0.05, 0) is 43.3 Å². The van der Waals surface area contributed by atoms with E-state index in [0.29, 0.717) is 22.8 Å². The molecule has 2 N–H and O–H groups in total. The Bertz CT molecular complexity index is 1030. The molecule has 9 nitrogen and oxygen atoms in total. The van der Waals surface area contributed by atoms with Crippen molar-refractivity contribution in [3.63, 3.8) is 0 Å². The van der Waals surface area contributed by atoms with E-state index < -0.39 is 18.5 Å². The van der Waals surface area contributed by atoms with E-state index in [9.17, 15) is 14.4 Å². The molecule has 1 aromatic carbocycles. The lowest BCUT2D eigenvalue weighted by atomic mass is 10.2. The lowest BCUT2D eigenvalue weighted by molar-refractivity contribution is -0.119. The number of anilines is 1. The molecule has 0 aliphatic heterocycles. The number of rotatable bonds is 6. The topological polar surface area (TPSA) is 115 Å². The summed E-state index contributed by atoms with van der Waals surface area (Å²) in [5.74, 6) is -0.809. The van der Waals surface area contributed by atoms with Crippen LogP contribution in [-0.4, -0.2) is 46.2 Å². The van der Waals surface area contributed by atoms with Crippen LogP contribution >= 0.6 is 0 Å². The summed E-state index contributed by atoms with van der Waals surface area (Å²) >= 11 is 0. The molecule has 0 bridgehead atoms. The van der Waals surface area contributed by atoms with Crippen molar-refractivity contribution in [3.05, 3.63) is 71.7 Å². The molecule has 0 fully saturated rings. The predicted molar refractivity (Wildman–Crippen MR) is 105 cm³/mol. The van der Waals surface area contributed by atoms with E-state index in [1.807, 2.05) is 6.07 Å². The summed E-state index contributed by atoms with van der Waals surface area (Å²) in [6, 6.07) is 11.7. The molecule has 148 valence electrons. The van der Waals surface area contributed by atoms with Gasteiger partial charge in [0.1, 0.15) is 5.56 Å². The lowest BCUT2D eigenvalue weighted by Crippen LogP contribution is -2.21. The van der Waals surface area contributed by atoms with Gasteiger partial charge >= 0.3 is 5.97 Å². The Morgan fingerprint density at radius 2 is 1.86 bits per heavy atom. The van der Waals surface area contributed by atoms with Crippen LogP contribution in [-0.2, 0) is 9.53 Å². The first kappa shape index (κ1) is 19.7. The first-order chi connectivity index (χ1) is 14.0. The van der Waals surface area contributed by atoms with Crippen molar-refractivity contribution in [2.45, 2.75) is 6.92 Å². The Kier molecular flexibility index (Phi) is 5.98. The largest absolute Gasteiger partial charge is 0.452 e. The highest BCUT2D eigenvalue weighted by atomic mass is 16.5. The Labute approximate surface area is 166 Å². The maximum atomic E-state index is 12.3. The number of hydrogen-bond donors (Lipinski definition) is 2. The van der Waals surface area contributed by atoms with Gasteiger partial charge < -0.3 is 15.4 Å². The molecule has 0 saturated heterocycles. The smallest absolute Gasteiger partial charge is 0.342 e. The second-order valence-electron chi connectivity index (χ2n) is 6.02. The van der Waals surface area contributed by atoms with Gasteiger partial charge in [-0.2, -0.15) is 5.10 Å². The molecular weight excluding hydrogens is 374 g/mol. The van der Waals surface area contributed by atoms with E-state index >= 15 is 0 Å². The molecule has 2 amide bonds. The SMILES string of the molecule is CNC(=O)c1ccc(NC(=O)COC(=O)c2cnn(-c3ccccn3)c2C)cc1. The Morgan fingerprint density at radius 3 is 2.52 bits per heavy atom. The number of ether oxygens (including phenoxy) is 1. The fourth-order valence-corrected chi connectivity index (χ4v) is 2.58. The molecular formula is C20H19N5O4. The van der Waals surface area contributed by atoms with Gasteiger partial charge in [0.15, 0.2) is 12.4 Å². The fourth-order valence-electron chi connectivity index (χ4n) is 2.58. The number of hydrogen-bond acceptors (Lipinski definition) is 6. The van der Waals surface area contributed by atoms with Crippen LogP contribution < -0.4 is 10.6 Å². The van der Waals surface area contributed by atoms with E-state index in [4.69, 9.17) is 4.74 Å². The zero-order chi connectivity index (χ0) is 20.8. The van der Waals surface area contributed by atoms with Gasteiger partial charge in [0.2, 0.25) is 0 Å². The third-order valence-corrected chi connectivity index (χ3v) is 4.09. The van der Waals surface area contributed by atoms with E-state index in [1.165, 1.54) is 17.9 Å². The molecule has 3 aromatic rings. The minimum absolute atomic E-state index is 0.224. The zero-order valence-electron chi connectivity index (χ0n) is 15.9. The van der Waals surface area contributed by atoms with Gasteiger partial charge in [-0.25, -0.2) is 14.5 Å². The summed E-state index contributed by atoms with van der Waals surface area (Å²) in [6.07, 6.45) is 3.00. The molecule has 0 spiro atoms. The number of nitrogens with one attached hydrogen (secondary N) is 2. The second kappa shape index (κ2) is 8.79. The monoisotopic (exact) mass is 393 g/mol. The first-order valence-electron chi connectivity index (χ1n) is 8.74. The van der Waals surface area contributed by atoms with E-state index in [-0.39, 0.29) is 11.5 Å². The highest BCUT2D eigenvalue weighted by molar-refractivity contribution is 5.97. The van der Waals surface area contributed by atoms with Crippen molar-refractivity contribution in [2.24, 2.45) is 0 Å². The van der Waals surface area contributed by atoms with E-state index in [2.05, 4.69) is 20.7 Å². The summed E-state index contributed by atoms with van der Waals surface area (Å²) in [7, 11) is 1.54. The third-order valence-electron chi connectivity index (χ3n) is 4.09. The molecule has 2 aromatic heterocycles.